The molecule has 0 saturated carbocycles. The summed E-state index contributed by atoms with van der Waals surface area (Å²) in [6.07, 6.45) is 3.97. The average molecular weight is 405 g/mol. The van der Waals surface area contributed by atoms with Crippen molar-refractivity contribution in [2.24, 2.45) is 0 Å². The minimum Gasteiger partial charge on any atom is -0.345 e. The van der Waals surface area contributed by atoms with E-state index in [9.17, 15) is 4.79 Å². The first-order valence-corrected chi connectivity index (χ1v) is 10.9. The number of piperazine rings is 1. The van der Waals surface area contributed by atoms with Crippen molar-refractivity contribution in [2.45, 2.75) is 25.8 Å². The summed E-state index contributed by atoms with van der Waals surface area (Å²) >= 11 is 7.89. The number of benzene rings is 1. The van der Waals surface area contributed by atoms with Crippen molar-refractivity contribution < 1.29 is 4.79 Å². The van der Waals surface area contributed by atoms with Gasteiger partial charge in [-0.15, -0.1) is 11.3 Å². The van der Waals surface area contributed by atoms with E-state index in [1.165, 1.54) is 38.0 Å². The molecule has 0 N–H and O–H groups in total. The quantitative estimate of drug-likeness (QED) is 0.778. The van der Waals surface area contributed by atoms with Crippen LogP contribution in [0.5, 0.6) is 0 Å². The van der Waals surface area contributed by atoms with E-state index in [1.807, 2.05) is 17.0 Å². The minimum absolute atomic E-state index is 0.0187. The summed E-state index contributed by atoms with van der Waals surface area (Å²) in [5.41, 5.74) is 1.76. The van der Waals surface area contributed by atoms with Gasteiger partial charge >= 0.3 is 0 Å². The zero-order chi connectivity index (χ0) is 18.6. The molecule has 4 rings (SSSR count). The van der Waals surface area contributed by atoms with Crippen LogP contribution in [0.1, 0.15) is 35.3 Å². The molecule has 2 aromatic rings. The van der Waals surface area contributed by atoms with Gasteiger partial charge in [-0.1, -0.05) is 30.2 Å². The molecule has 1 aromatic heterocycles. The highest BCUT2D eigenvalue weighted by Crippen LogP contribution is 2.24. The Morgan fingerprint density at radius 1 is 1.04 bits per heavy atom. The van der Waals surface area contributed by atoms with Gasteiger partial charge in [0, 0.05) is 38.1 Å². The number of anilines is 1. The molecule has 1 amide bonds. The molecule has 0 bridgehead atoms. The van der Waals surface area contributed by atoms with Crippen molar-refractivity contribution in [3.8, 4) is 0 Å². The van der Waals surface area contributed by atoms with Gasteiger partial charge in [0.15, 0.2) is 5.13 Å². The molecule has 3 heterocycles. The highest BCUT2D eigenvalue weighted by molar-refractivity contribution is 7.13. The molecule has 1 aromatic carbocycles. The molecule has 0 radical (unpaired) electrons. The Morgan fingerprint density at radius 2 is 1.78 bits per heavy atom. The van der Waals surface area contributed by atoms with E-state index in [4.69, 9.17) is 16.6 Å². The molecule has 0 unspecified atom stereocenters. The molecule has 2 saturated heterocycles. The van der Waals surface area contributed by atoms with Crippen molar-refractivity contribution >= 4 is 34.0 Å². The van der Waals surface area contributed by atoms with Gasteiger partial charge in [0.2, 0.25) is 0 Å². The number of piperidine rings is 1. The minimum atomic E-state index is 0.0187. The number of halogens is 1. The van der Waals surface area contributed by atoms with Gasteiger partial charge in [-0.25, -0.2) is 4.98 Å². The standard InChI is InChI=1S/C20H25ClN4OS/c21-18-7-3-2-6-17(18)19(26)24-10-12-25(13-11-24)20-22-16(15-27-20)14-23-8-4-1-5-9-23/h2-3,6-7,15H,1,4-5,8-14H2. The van der Waals surface area contributed by atoms with E-state index in [1.54, 1.807) is 23.5 Å². The van der Waals surface area contributed by atoms with Crippen LogP contribution in [-0.2, 0) is 6.54 Å². The smallest absolute Gasteiger partial charge is 0.255 e. The number of carbonyl (C=O) groups is 1. The summed E-state index contributed by atoms with van der Waals surface area (Å²) in [6.45, 7) is 6.36. The average Bonchev–Trinajstić information content (AvgIpc) is 3.17. The van der Waals surface area contributed by atoms with Gasteiger partial charge < -0.3 is 9.80 Å². The fraction of sp³-hybridized carbons (Fsp3) is 0.500. The van der Waals surface area contributed by atoms with Crippen molar-refractivity contribution in [1.29, 1.82) is 0 Å². The maximum atomic E-state index is 12.7. The van der Waals surface area contributed by atoms with E-state index in [-0.39, 0.29) is 5.91 Å². The molecule has 5 nitrogen and oxygen atoms in total. The Balaban J connectivity index is 1.33. The number of hydrogen-bond donors (Lipinski definition) is 0. The van der Waals surface area contributed by atoms with Gasteiger partial charge in [0.05, 0.1) is 16.3 Å². The first-order valence-electron chi connectivity index (χ1n) is 9.66. The Labute approximate surface area is 169 Å². The summed E-state index contributed by atoms with van der Waals surface area (Å²) in [4.78, 5) is 24.2. The fourth-order valence-electron chi connectivity index (χ4n) is 3.77. The molecular formula is C20H25ClN4OS. The Hall–Kier alpha value is -1.63. The fourth-order valence-corrected chi connectivity index (χ4v) is 4.85. The van der Waals surface area contributed by atoms with Crippen LogP contribution >= 0.6 is 22.9 Å². The molecule has 2 fully saturated rings. The normalized spacial score (nSPS) is 18.7. The number of amides is 1. The van der Waals surface area contributed by atoms with Crippen molar-refractivity contribution in [2.75, 3.05) is 44.2 Å². The molecule has 2 aliphatic rings. The van der Waals surface area contributed by atoms with Crippen LogP contribution in [0.15, 0.2) is 29.6 Å². The Kier molecular flexibility index (Phi) is 5.95. The highest BCUT2D eigenvalue weighted by Gasteiger charge is 2.25. The third-order valence-corrected chi connectivity index (χ3v) is 6.60. The zero-order valence-corrected chi connectivity index (χ0v) is 17.0. The Bertz CT molecular complexity index is 782. The summed E-state index contributed by atoms with van der Waals surface area (Å²) in [7, 11) is 0. The zero-order valence-electron chi connectivity index (χ0n) is 15.4. The summed E-state index contributed by atoms with van der Waals surface area (Å²) in [5, 5.41) is 3.78. The number of thiazole rings is 1. The predicted octanol–water partition coefficient (Wildman–Crippen LogP) is 3.74. The second-order valence-electron chi connectivity index (χ2n) is 7.22. The second kappa shape index (κ2) is 8.59. The SMILES string of the molecule is O=C(c1ccccc1Cl)N1CCN(c2nc(CN3CCCCC3)cs2)CC1. The van der Waals surface area contributed by atoms with Crippen molar-refractivity contribution in [3.63, 3.8) is 0 Å². The lowest BCUT2D eigenvalue weighted by Gasteiger charge is -2.34. The molecule has 0 atom stereocenters. The molecule has 27 heavy (non-hydrogen) atoms. The maximum Gasteiger partial charge on any atom is 0.255 e. The van der Waals surface area contributed by atoms with Gasteiger partial charge in [0.25, 0.3) is 5.91 Å². The molecule has 7 heteroatoms. The van der Waals surface area contributed by atoms with Crippen LogP contribution in [0.2, 0.25) is 5.02 Å². The highest BCUT2D eigenvalue weighted by atomic mass is 35.5. The number of likely N-dealkylation sites (tertiary alicyclic amines) is 1. The third kappa shape index (κ3) is 4.45. The van der Waals surface area contributed by atoms with E-state index in [0.717, 1.165) is 24.8 Å². The van der Waals surface area contributed by atoms with E-state index in [0.29, 0.717) is 23.7 Å². The van der Waals surface area contributed by atoms with Gasteiger partial charge in [0.1, 0.15) is 0 Å². The third-order valence-electron chi connectivity index (χ3n) is 5.32. The number of nitrogens with zero attached hydrogens (tertiary/aromatic N) is 4. The largest absolute Gasteiger partial charge is 0.345 e. The van der Waals surface area contributed by atoms with Crippen LogP contribution in [0.4, 0.5) is 5.13 Å². The number of aromatic nitrogens is 1. The van der Waals surface area contributed by atoms with Gasteiger partial charge in [-0.05, 0) is 38.1 Å². The first kappa shape index (κ1) is 18.7. The molecular weight excluding hydrogens is 380 g/mol. The van der Waals surface area contributed by atoms with Crippen molar-refractivity contribution in [3.05, 3.63) is 45.9 Å². The number of carbonyl (C=O) groups excluding carboxylic acids is 1. The van der Waals surface area contributed by atoms with E-state index < -0.39 is 0 Å². The lowest BCUT2D eigenvalue weighted by molar-refractivity contribution is 0.0747. The second-order valence-corrected chi connectivity index (χ2v) is 8.46. The van der Waals surface area contributed by atoms with Gasteiger partial charge in [-0.2, -0.15) is 0 Å². The molecule has 144 valence electrons. The summed E-state index contributed by atoms with van der Waals surface area (Å²) in [6, 6.07) is 7.27. The van der Waals surface area contributed by atoms with Gasteiger partial charge in [-0.3, -0.25) is 9.69 Å². The van der Waals surface area contributed by atoms with Crippen LogP contribution in [0.3, 0.4) is 0 Å². The van der Waals surface area contributed by atoms with Crippen LogP contribution in [0, 0.1) is 0 Å². The van der Waals surface area contributed by atoms with Crippen molar-refractivity contribution in [1.82, 2.24) is 14.8 Å². The maximum absolute atomic E-state index is 12.7. The lowest BCUT2D eigenvalue weighted by Crippen LogP contribution is -2.48. The Morgan fingerprint density at radius 3 is 2.52 bits per heavy atom. The van der Waals surface area contributed by atoms with Crippen LogP contribution in [-0.4, -0.2) is 60.0 Å². The van der Waals surface area contributed by atoms with E-state index >= 15 is 0 Å². The van der Waals surface area contributed by atoms with Crippen LogP contribution < -0.4 is 4.90 Å². The lowest BCUT2D eigenvalue weighted by atomic mass is 10.1. The van der Waals surface area contributed by atoms with E-state index in [2.05, 4.69) is 15.2 Å². The number of hydrogen-bond acceptors (Lipinski definition) is 5. The summed E-state index contributed by atoms with van der Waals surface area (Å²) < 4.78 is 0. The molecule has 0 spiro atoms. The predicted molar refractivity (Wildman–Crippen MR) is 111 cm³/mol. The molecule has 0 aliphatic carbocycles. The first-order chi connectivity index (χ1) is 13.2. The number of rotatable bonds is 4. The molecule has 2 aliphatic heterocycles. The van der Waals surface area contributed by atoms with Crippen LogP contribution in [0.25, 0.3) is 0 Å². The monoisotopic (exact) mass is 404 g/mol. The topological polar surface area (TPSA) is 39.7 Å². The summed E-state index contributed by atoms with van der Waals surface area (Å²) in [5.74, 6) is 0.0187.